The standard InChI is InChI=1S/C37H75BrNO6P/c1-3-5-7-9-11-13-15-17-19-21-23-25-27-29-32-43-34-36(35-45-46(41,42)44-33-31-38)39-37(40)30-28-26-24-22-20-18-16-14-12-10-8-6-4-2/h36H,3-35H2,1-2H3,(H,39,40)(H,41,42)/t36-/m1/s1. The van der Waals surface area contributed by atoms with Crippen molar-refractivity contribution in [2.75, 3.05) is 31.8 Å². The highest BCUT2D eigenvalue weighted by atomic mass is 79.9. The van der Waals surface area contributed by atoms with E-state index in [2.05, 4.69) is 35.1 Å². The predicted molar refractivity (Wildman–Crippen MR) is 199 cm³/mol. The highest BCUT2D eigenvalue weighted by Gasteiger charge is 2.24. The molecule has 0 aromatic heterocycles. The smallest absolute Gasteiger partial charge is 0.379 e. The zero-order chi connectivity index (χ0) is 33.8. The first-order valence-corrected chi connectivity index (χ1v) is 22.1. The molecule has 0 aromatic carbocycles. The number of hydrogen-bond donors (Lipinski definition) is 2. The summed E-state index contributed by atoms with van der Waals surface area (Å²) in [5.74, 6) is -0.0640. The van der Waals surface area contributed by atoms with Crippen LogP contribution in [0.2, 0.25) is 0 Å². The lowest BCUT2D eigenvalue weighted by molar-refractivity contribution is -0.122. The number of halogens is 1. The Morgan fingerprint density at radius 1 is 0.587 bits per heavy atom. The van der Waals surface area contributed by atoms with Crippen LogP contribution in [-0.4, -0.2) is 48.6 Å². The van der Waals surface area contributed by atoms with Crippen LogP contribution in [0.5, 0.6) is 0 Å². The molecule has 7 nitrogen and oxygen atoms in total. The number of ether oxygens (including phenoxy) is 1. The lowest BCUT2D eigenvalue weighted by Crippen LogP contribution is -2.41. The van der Waals surface area contributed by atoms with Crippen molar-refractivity contribution < 1.29 is 28.0 Å². The minimum Gasteiger partial charge on any atom is -0.379 e. The molecule has 0 aromatic rings. The summed E-state index contributed by atoms with van der Waals surface area (Å²) in [6.45, 7) is 5.34. The second kappa shape index (κ2) is 36.3. The van der Waals surface area contributed by atoms with Crippen LogP contribution < -0.4 is 5.32 Å². The molecule has 0 radical (unpaired) electrons. The van der Waals surface area contributed by atoms with Crippen molar-refractivity contribution in [3.8, 4) is 0 Å². The monoisotopic (exact) mass is 739 g/mol. The third kappa shape index (κ3) is 35.3. The van der Waals surface area contributed by atoms with Gasteiger partial charge in [-0.2, -0.15) is 0 Å². The lowest BCUT2D eigenvalue weighted by Gasteiger charge is -2.20. The molecule has 0 bridgehead atoms. The Morgan fingerprint density at radius 2 is 0.978 bits per heavy atom. The summed E-state index contributed by atoms with van der Waals surface area (Å²) in [5.41, 5.74) is 0. The Balaban J connectivity index is 4.04. The first-order chi connectivity index (χ1) is 22.4. The summed E-state index contributed by atoms with van der Waals surface area (Å²) in [6, 6.07) is -0.492. The summed E-state index contributed by atoms with van der Waals surface area (Å²) < 4.78 is 28.1. The van der Waals surface area contributed by atoms with E-state index < -0.39 is 13.9 Å². The largest absolute Gasteiger partial charge is 0.472 e. The molecule has 1 amide bonds. The van der Waals surface area contributed by atoms with Crippen LogP contribution in [0.4, 0.5) is 0 Å². The minimum atomic E-state index is -4.17. The molecule has 0 aliphatic heterocycles. The molecule has 276 valence electrons. The number of unbranched alkanes of at least 4 members (excludes halogenated alkanes) is 25. The van der Waals surface area contributed by atoms with Crippen molar-refractivity contribution in [1.29, 1.82) is 0 Å². The second-order valence-electron chi connectivity index (χ2n) is 13.2. The van der Waals surface area contributed by atoms with Gasteiger partial charge in [-0.05, 0) is 12.8 Å². The predicted octanol–water partition coefficient (Wildman–Crippen LogP) is 12.0. The molecule has 0 aliphatic carbocycles. The van der Waals surface area contributed by atoms with Gasteiger partial charge in [0.15, 0.2) is 0 Å². The van der Waals surface area contributed by atoms with Crippen molar-refractivity contribution in [2.24, 2.45) is 0 Å². The number of carbonyl (C=O) groups excluding carboxylic acids is 1. The normalized spacial score (nSPS) is 13.6. The van der Waals surface area contributed by atoms with Gasteiger partial charge in [0.25, 0.3) is 0 Å². The molecule has 46 heavy (non-hydrogen) atoms. The maximum atomic E-state index is 12.6. The van der Waals surface area contributed by atoms with Crippen LogP contribution >= 0.6 is 23.8 Å². The average molecular weight is 741 g/mol. The quantitative estimate of drug-likeness (QED) is 0.0372. The maximum absolute atomic E-state index is 12.6. The van der Waals surface area contributed by atoms with E-state index in [4.69, 9.17) is 13.8 Å². The van der Waals surface area contributed by atoms with Crippen LogP contribution in [-0.2, 0) is 23.1 Å². The fourth-order valence-electron chi connectivity index (χ4n) is 5.73. The minimum absolute atomic E-state index is 0.0640. The number of nitrogens with one attached hydrogen (secondary N) is 1. The van der Waals surface area contributed by atoms with E-state index in [1.807, 2.05) is 0 Å². The van der Waals surface area contributed by atoms with E-state index in [0.717, 1.165) is 32.1 Å². The van der Waals surface area contributed by atoms with Crippen LogP contribution in [0.1, 0.15) is 194 Å². The fraction of sp³-hybridized carbons (Fsp3) is 0.973. The molecule has 0 fully saturated rings. The van der Waals surface area contributed by atoms with Gasteiger partial charge >= 0.3 is 7.82 Å². The summed E-state index contributed by atoms with van der Waals surface area (Å²) in [7, 11) is -4.17. The molecule has 0 saturated carbocycles. The van der Waals surface area contributed by atoms with Crippen molar-refractivity contribution in [1.82, 2.24) is 5.32 Å². The van der Waals surface area contributed by atoms with Crippen LogP contribution in [0.15, 0.2) is 0 Å². The number of carbonyl (C=O) groups is 1. The van der Waals surface area contributed by atoms with Gasteiger partial charge in [-0.25, -0.2) is 4.57 Å². The zero-order valence-electron chi connectivity index (χ0n) is 30.2. The molecule has 0 aliphatic rings. The molecule has 0 spiro atoms. The van der Waals surface area contributed by atoms with Crippen LogP contribution in [0.25, 0.3) is 0 Å². The molecule has 0 rings (SSSR count). The Hall–Kier alpha value is 0.0200. The number of amides is 1. The summed E-state index contributed by atoms with van der Waals surface area (Å²) in [6.07, 6.45) is 35.3. The molecule has 2 N–H and O–H groups in total. The Morgan fingerprint density at radius 3 is 1.39 bits per heavy atom. The van der Waals surface area contributed by atoms with Gasteiger partial charge in [0.1, 0.15) is 0 Å². The summed E-state index contributed by atoms with van der Waals surface area (Å²) in [5, 5.41) is 3.39. The molecule has 2 atom stereocenters. The third-order valence-corrected chi connectivity index (χ3v) is 9.91. The van der Waals surface area contributed by atoms with Gasteiger partial charge in [0, 0.05) is 18.4 Å². The molecule has 9 heteroatoms. The van der Waals surface area contributed by atoms with Gasteiger partial charge in [0.05, 0.1) is 25.9 Å². The average Bonchev–Trinajstić information content (AvgIpc) is 3.04. The molecular formula is C37H75BrNO6P. The second-order valence-corrected chi connectivity index (χ2v) is 15.5. The lowest BCUT2D eigenvalue weighted by atomic mass is 10.0. The van der Waals surface area contributed by atoms with Gasteiger partial charge in [-0.1, -0.05) is 190 Å². The molecule has 0 saturated heterocycles. The Kier molecular flexibility index (Phi) is 36.3. The number of alkyl halides is 1. The fourth-order valence-corrected chi connectivity index (χ4v) is 6.91. The summed E-state index contributed by atoms with van der Waals surface area (Å²) in [4.78, 5) is 22.5. The van der Waals surface area contributed by atoms with Crippen LogP contribution in [0, 0.1) is 0 Å². The van der Waals surface area contributed by atoms with Crippen molar-refractivity contribution >= 4 is 29.7 Å². The van der Waals surface area contributed by atoms with Gasteiger partial charge in [0.2, 0.25) is 5.91 Å². The van der Waals surface area contributed by atoms with E-state index in [-0.39, 0.29) is 25.7 Å². The van der Waals surface area contributed by atoms with Gasteiger partial charge < -0.3 is 14.9 Å². The van der Waals surface area contributed by atoms with Gasteiger partial charge in [-0.15, -0.1) is 0 Å². The first-order valence-electron chi connectivity index (χ1n) is 19.5. The van der Waals surface area contributed by atoms with Gasteiger partial charge in [-0.3, -0.25) is 13.8 Å². The van der Waals surface area contributed by atoms with E-state index in [1.54, 1.807) is 0 Å². The zero-order valence-corrected chi connectivity index (χ0v) is 32.7. The van der Waals surface area contributed by atoms with Crippen molar-refractivity contribution in [3.63, 3.8) is 0 Å². The highest BCUT2D eigenvalue weighted by molar-refractivity contribution is 9.09. The number of phosphoric ester groups is 1. The number of phosphoric acid groups is 1. The van der Waals surface area contributed by atoms with E-state index >= 15 is 0 Å². The highest BCUT2D eigenvalue weighted by Crippen LogP contribution is 2.43. The van der Waals surface area contributed by atoms with E-state index in [1.165, 1.54) is 141 Å². The number of rotatable bonds is 38. The van der Waals surface area contributed by atoms with E-state index in [0.29, 0.717) is 18.4 Å². The van der Waals surface area contributed by atoms with Crippen molar-refractivity contribution in [2.45, 2.75) is 200 Å². The third-order valence-electron chi connectivity index (χ3n) is 8.60. The molecule has 0 heterocycles. The molecular weight excluding hydrogens is 665 g/mol. The first kappa shape index (κ1) is 46.0. The SMILES string of the molecule is CCCCCCCCCCCCCCCCOC[C@H](COP(=O)(O)OCCBr)NC(=O)CCCCCCCCCCCCCCC. The number of hydrogen-bond acceptors (Lipinski definition) is 5. The summed E-state index contributed by atoms with van der Waals surface area (Å²) >= 11 is 3.18. The van der Waals surface area contributed by atoms with E-state index in [9.17, 15) is 14.3 Å². The topological polar surface area (TPSA) is 94.1 Å². The Labute approximate surface area is 293 Å². The maximum Gasteiger partial charge on any atom is 0.472 e. The van der Waals surface area contributed by atoms with Crippen LogP contribution in [0.3, 0.4) is 0 Å². The molecule has 1 unspecified atom stereocenters. The van der Waals surface area contributed by atoms with Crippen molar-refractivity contribution in [3.05, 3.63) is 0 Å². The Bertz CT molecular complexity index is 686.